The molecule has 4 nitrogen and oxygen atoms in total. The first-order chi connectivity index (χ1) is 16.7. The minimum Gasteiger partial charge on any atom is -0.543 e. The van der Waals surface area contributed by atoms with Gasteiger partial charge in [0.25, 0.3) is 5.60 Å². The third-order valence-electron chi connectivity index (χ3n) is 6.29. The van der Waals surface area contributed by atoms with Crippen molar-refractivity contribution in [1.82, 2.24) is 0 Å². The molecule has 0 heterocycles. The standard InChI is InChI=1S/C27H35F3O4Si/c1-25(2,3)35(5,6)34-23-19-13-12-16-21(23)15-9-8-14-20-33-24(31)26(32-4,27(28,29)30)22-17-10-7-11-18-22/h7-8,10-14,16-19H,9,15,20H2,1-6H3/b14-8+/t26-/m1/s1/i20D/t20-,26+/m0. The predicted molar refractivity (Wildman–Crippen MR) is 134 cm³/mol. The SMILES string of the molecule is [2H][C@@H](/C=C/CCc1ccccc1O[Si](C)(C)C(C)(C)C)OC(=O)[C@](OC)(c1ccccc1)C(F)(F)F. The molecule has 0 spiro atoms. The van der Waals surface area contributed by atoms with Crippen LogP contribution in [0.2, 0.25) is 18.1 Å². The fourth-order valence-electron chi connectivity index (χ4n) is 3.20. The van der Waals surface area contributed by atoms with E-state index < -0.39 is 38.2 Å². The molecule has 0 saturated carbocycles. The van der Waals surface area contributed by atoms with Crippen LogP contribution in [0.4, 0.5) is 13.2 Å². The summed E-state index contributed by atoms with van der Waals surface area (Å²) in [4.78, 5) is 12.6. The molecule has 2 rings (SSSR count). The van der Waals surface area contributed by atoms with Crippen molar-refractivity contribution in [2.45, 2.75) is 63.5 Å². The van der Waals surface area contributed by atoms with Crippen LogP contribution >= 0.6 is 0 Å². The van der Waals surface area contributed by atoms with Crippen LogP contribution in [-0.2, 0) is 26.3 Å². The van der Waals surface area contributed by atoms with E-state index in [1.807, 2.05) is 24.3 Å². The summed E-state index contributed by atoms with van der Waals surface area (Å²) >= 11 is 0. The summed E-state index contributed by atoms with van der Waals surface area (Å²) < 4.78 is 65.9. The van der Waals surface area contributed by atoms with E-state index in [2.05, 4.69) is 33.9 Å². The van der Waals surface area contributed by atoms with Crippen molar-refractivity contribution in [3.8, 4) is 5.75 Å². The van der Waals surface area contributed by atoms with Crippen LogP contribution in [0, 0.1) is 0 Å². The zero-order chi connectivity index (χ0) is 27.2. The van der Waals surface area contributed by atoms with Crippen molar-refractivity contribution < 1.29 is 33.2 Å². The van der Waals surface area contributed by atoms with Gasteiger partial charge in [-0.3, -0.25) is 0 Å². The quantitative estimate of drug-likeness (QED) is 0.193. The first-order valence-electron chi connectivity index (χ1n) is 12.0. The van der Waals surface area contributed by atoms with E-state index in [1.54, 1.807) is 6.08 Å². The lowest BCUT2D eigenvalue weighted by molar-refractivity contribution is -0.275. The van der Waals surface area contributed by atoms with Crippen molar-refractivity contribution in [2.75, 3.05) is 13.7 Å². The summed E-state index contributed by atoms with van der Waals surface area (Å²) in [6, 6.07) is 14.3. The highest BCUT2D eigenvalue weighted by atomic mass is 28.4. The lowest BCUT2D eigenvalue weighted by Gasteiger charge is -2.37. The molecule has 0 bridgehead atoms. The molecule has 2 atom stereocenters. The average Bonchev–Trinajstić information content (AvgIpc) is 2.77. The molecular formula is C27H35F3O4Si. The van der Waals surface area contributed by atoms with Gasteiger partial charge in [0.1, 0.15) is 12.3 Å². The highest BCUT2D eigenvalue weighted by Crippen LogP contribution is 2.43. The predicted octanol–water partition coefficient (Wildman–Crippen LogP) is 7.21. The molecule has 2 aromatic rings. The number of hydrogen-bond acceptors (Lipinski definition) is 4. The van der Waals surface area contributed by atoms with Gasteiger partial charge in [-0.2, -0.15) is 13.2 Å². The van der Waals surface area contributed by atoms with Crippen molar-refractivity contribution >= 4 is 14.3 Å². The third-order valence-corrected chi connectivity index (χ3v) is 10.6. The van der Waals surface area contributed by atoms with Gasteiger partial charge in [0, 0.05) is 12.7 Å². The lowest BCUT2D eigenvalue weighted by atomic mass is 9.93. The Morgan fingerprint density at radius 2 is 1.60 bits per heavy atom. The number of para-hydroxylation sites is 1. The summed E-state index contributed by atoms with van der Waals surface area (Å²) in [7, 11) is -1.24. The van der Waals surface area contributed by atoms with Crippen LogP contribution in [-0.4, -0.2) is 34.2 Å². The summed E-state index contributed by atoms with van der Waals surface area (Å²) in [5.41, 5.74) is -2.74. The molecule has 2 aromatic carbocycles. The fraction of sp³-hybridized carbons (Fsp3) is 0.444. The van der Waals surface area contributed by atoms with Gasteiger partial charge in [-0.05, 0) is 42.6 Å². The van der Waals surface area contributed by atoms with Gasteiger partial charge in [0.05, 0.1) is 1.37 Å². The Labute approximate surface area is 208 Å². The first kappa shape index (κ1) is 27.0. The molecular weight excluding hydrogens is 473 g/mol. The number of esters is 1. The molecule has 0 saturated heterocycles. The van der Waals surface area contributed by atoms with Gasteiger partial charge in [-0.15, -0.1) is 0 Å². The number of methoxy groups -OCH3 is 1. The van der Waals surface area contributed by atoms with E-state index in [0.717, 1.165) is 30.6 Å². The van der Waals surface area contributed by atoms with Crippen LogP contribution in [0.25, 0.3) is 0 Å². The summed E-state index contributed by atoms with van der Waals surface area (Å²) in [6.07, 6.45) is -1.15. The largest absolute Gasteiger partial charge is 0.543 e. The molecule has 0 aromatic heterocycles. The van der Waals surface area contributed by atoms with Crippen molar-refractivity contribution in [3.05, 3.63) is 77.9 Å². The molecule has 0 N–H and O–H groups in total. The number of carbonyl (C=O) groups excluding carboxylic acids is 1. The summed E-state index contributed by atoms with van der Waals surface area (Å²) in [5, 5.41) is 0.0376. The molecule has 0 aliphatic rings. The Bertz CT molecular complexity index is 1040. The normalized spacial score (nSPS) is 15.9. The minimum absolute atomic E-state index is 0.0376. The Morgan fingerprint density at radius 1 is 1.00 bits per heavy atom. The van der Waals surface area contributed by atoms with Crippen LogP contribution in [0.5, 0.6) is 5.75 Å². The van der Waals surface area contributed by atoms with E-state index in [1.165, 1.54) is 24.3 Å². The maximum Gasteiger partial charge on any atom is 0.432 e. The minimum atomic E-state index is -5.09. The molecule has 0 aliphatic carbocycles. The van der Waals surface area contributed by atoms with E-state index in [-0.39, 0.29) is 5.04 Å². The van der Waals surface area contributed by atoms with Crippen LogP contribution in [0.15, 0.2) is 66.7 Å². The maximum absolute atomic E-state index is 14.0. The molecule has 0 fully saturated rings. The van der Waals surface area contributed by atoms with E-state index in [9.17, 15) is 18.0 Å². The van der Waals surface area contributed by atoms with Gasteiger partial charge in [0.15, 0.2) is 0 Å². The fourth-order valence-corrected chi connectivity index (χ4v) is 4.25. The molecule has 0 radical (unpaired) electrons. The highest BCUT2D eigenvalue weighted by Gasteiger charge is 2.64. The number of hydrogen-bond donors (Lipinski definition) is 0. The molecule has 35 heavy (non-hydrogen) atoms. The number of ether oxygens (including phenoxy) is 2. The zero-order valence-corrected chi connectivity index (χ0v) is 22.1. The molecule has 8 heteroatoms. The van der Waals surface area contributed by atoms with Crippen LogP contribution in [0.3, 0.4) is 0 Å². The number of allylic oxidation sites excluding steroid dienone is 1. The first-order valence-corrected chi connectivity index (χ1v) is 14.3. The third kappa shape index (κ3) is 6.76. The number of carbonyl (C=O) groups is 1. The van der Waals surface area contributed by atoms with Crippen LogP contribution in [0.1, 0.15) is 39.7 Å². The Hall–Kier alpha value is -2.58. The number of aryl methyl sites for hydroxylation is 1. The highest BCUT2D eigenvalue weighted by molar-refractivity contribution is 6.74. The summed E-state index contributed by atoms with van der Waals surface area (Å²) in [5.74, 6) is -0.884. The zero-order valence-electron chi connectivity index (χ0n) is 22.1. The number of halogens is 3. The van der Waals surface area contributed by atoms with Gasteiger partial charge < -0.3 is 13.9 Å². The van der Waals surface area contributed by atoms with Crippen molar-refractivity contribution in [3.63, 3.8) is 0 Å². The number of rotatable bonds is 10. The van der Waals surface area contributed by atoms with Crippen molar-refractivity contribution in [2.24, 2.45) is 0 Å². The van der Waals surface area contributed by atoms with E-state index >= 15 is 0 Å². The van der Waals surface area contributed by atoms with Gasteiger partial charge in [-0.25, -0.2) is 4.79 Å². The molecule has 192 valence electrons. The molecule has 0 unspecified atom stereocenters. The Morgan fingerprint density at radius 3 is 2.17 bits per heavy atom. The van der Waals surface area contributed by atoms with E-state index in [0.29, 0.717) is 12.8 Å². The van der Waals surface area contributed by atoms with Gasteiger partial charge >= 0.3 is 12.1 Å². The lowest BCUT2D eigenvalue weighted by Crippen LogP contribution is -2.51. The number of benzene rings is 2. The maximum atomic E-state index is 14.0. The second kappa shape index (κ2) is 11.4. The second-order valence-corrected chi connectivity index (χ2v) is 14.5. The Balaban J connectivity index is 2.08. The average molecular weight is 510 g/mol. The number of alkyl halides is 3. The summed E-state index contributed by atoms with van der Waals surface area (Å²) in [6.45, 7) is 9.19. The van der Waals surface area contributed by atoms with Gasteiger partial charge in [-0.1, -0.05) is 81.5 Å². The topological polar surface area (TPSA) is 44.8 Å². The molecule has 0 aliphatic heterocycles. The Kier molecular flexibility index (Phi) is 8.83. The van der Waals surface area contributed by atoms with E-state index in [4.69, 9.17) is 15.3 Å². The second-order valence-electron chi connectivity index (χ2n) is 9.73. The van der Waals surface area contributed by atoms with Crippen LogP contribution < -0.4 is 4.43 Å². The monoisotopic (exact) mass is 509 g/mol. The van der Waals surface area contributed by atoms with Gasteiger partial charge in [0.2, 0.25) is 8.32 Å². The smallest absolute Gasteiger partial charge is 0.432 e. The molecule has 0 amide bonds. The van der Waals surface area contributed by atoms with Crippen molar-refractivity contribution in [1.29, 1.82) is 0 Å².